The molecule has 5 aromatic carbocycles. The number of nitrogens with zero attached hydrogens (tertiary/aromatic N) is 9. The van der Waals surface area contributed by atoms with Gasteiger partial charge < -0.3 is 20.3 Å². The number of halogens is 1. The molecule has 9 N–H and O–H groups in total. The molecule has 0 aliphatic rings. The molecule has 3 heterocycles. The topological polar surface area (TPSA) is 512 Å². The second-order valence-corrected chi connectivity index (χ2v) is 29.3. The molecule has 458 valence electrons. The van der Waals surface area contributed by atoms with Crippen LogP contribution in [0.5, 0.6) is 17.4 Å². The smallest absolute Gasteiger partial charge is 0.296 e. The summed E-state index contributed by atoms with van der Waals surface area (Å²) in [6.45, 7) is 0.553. The molecule has 8 aromatic rings. The van der Waals surface area contributed by atoms with Crippen LogP contribution in [0.4, 0.5) is 33.6 Å². The average Bonchev–Trinajstić information content (AvgIpc) is 2.04. The van der Waals surface area contributed by atoms with E-state index in [4.69, 9.17) is 26.8 Å². The maximum Gasteiger partial charge on any atom is 0.296 e. The molecule has 0 aliphatic heterocycles. The molecular weight excluding hydrogens is 1320 g/mol. The van der Waals surface area contributed by atoms with Crippen LogP contribution >= 0.6 is 34.7 Å². The van der Waals surface area contributed by atoms with Crippen molar-refractivity contribution in [2.75, 3.05) is 36.2 Å². The number of carbonyl (C=O) groups is 1. The van der Waals surface area contributed by atoms with Gasteiger partial charge in [-0.25, -0.2) is 9.97 Å². The Morgan fingerprint density at radius 1 is 0.651 bits per heavy atom. The molecule has 0 aliphatic carbocycles. The molecule has 0 bridgehead atoms. The third-order valence-electron chi connectivity index (χ3n) is 11.8. The summed E-state index contributed by atoms with van der Waals surface area (Å²) in [6, 6.07) is 13.0. The van der Waals surface area contributed by atoms with Crippen LogP contribution in [0, 0.1) is 6.92 Å². The first-order valence-electron chi connectivity index (χ1n) is 23.7. The van der Waals surface area contributed by atoms with Gasteiger partial charge in [-0.05, 0) is 80.0 Å². The number of amides is 1. The van der Waals surface area contributed by atoms with E-state index in [1.807, 2.05) is 0 Å². The van der Waals surface area contributed by atoms with Gasteiger partial charge in [0.15, 0.2) is 5.65 Å². The van der Waals surface area contributed by atoms with Gasteiger partial charge in [0, 0.05) is 27.8 Å². The summed E-state index contributed by atoms with van der Waals surface area (Å²) < 4.78 is 215. The first-order chi connectivity index (χ1) is 40.0. The van der Waals surface area contributed by atoms with Crippen LogP contribution in [-0.4, -0.2) is 139 Å². The number of rotatable bonds is 25. The van der Waals surface area contributed by atoms with Gasteiger partial charge in [0.05, 0.1) is 61.7 Å². The molecule has 8 rings (SSSR count). The summed E-state index contributed by atoms with van der Waals surface area (Å²) in [5.41, 5.74) is 4.72. The number of thiazole rings is 1. The van der Waals surface area contributed by atoms with Crippen molar-refractivity contribution in [3.05, 3.63) is 82.9 Å². The van der Waals surface area contributed by atoms with Crippen LogP contribution in [0.25, 0.3) is 37.7 Å². The molecule has 3 aromatic heterocycles. The van der Waals surface area contributed by atoms with Crippen molar-refractivity contribution in [3.8, 4) is 17.4 Å². The number of ether oxygens (including phenoxy) is 2. The van der Waals surface area contributed by atoms with Crippen LogP contribution in [0.1, 0.15) is 35.2 Å². The number of benzene rings is 5. The van der Waals surface area contributed by atoms with Crippen molar-refractivity contribution in [1.82, 2.24) is 14.4 Å². The minimum atomic E-state index is -5.35. The minimum absolute atomic E-state index is 0.00534. The summed E-state index contributed by atoms with van der Waals surface area (Å²) in [6.07, 6.45) is -0.765. The third kappa shape index (κ3) is 15.6. The molecule has 32 nitrogen and oxygen atoms in total. The van der Waals surface area contributed by atoms with Gasteiger partial charge in [0.1, 0.15) is 55.2 Å². The lowest BCUT2D eigenvalue weighted by Gasteiger charge is -2.14. The van der Waals surface area contributed by atoms with E-state index in [0.29, 0.717) is 34.5 Å². The van der Waals surface area contributed by atoms with Crippen LogP contribution in [0.15, 0.2) is 117 Å². The Morgan fingerprint density at radius 2 is 1.21 bits per heavy atom. The Balaban J connectivity index is 1.25. The van der Waals surface area contributed by atoms with E-state index in [-0.39, 0.29) is 96.3 Å². The molecule has 0 spiro atoms. The number of aromatic hydroxyl groups is 1. The number of fused-ring (bicyclic) bond motifs is 6. The fourth-order valence-corrected chi connectivity index (χ4v) is 13.9. The summed E-state index contributed by atoms with van der Waals surface area (Å²) in [5.74, 6) is -4.26. The molecule has 0 saturated carbocycles. The van der Waals surface area contributed by atoms with Crippen molar-refractivity contribution in [2.24, 2.45) is 36.4 Å². The fraction of sp³-hybridized carbons (Fsp3) is 0.222. The van der Waals surface area contributed by atoms with Gasteiger partial charge in [-0.2, -0.15) is 50.5 Å². The highest BCUT2D eigenvalue weighted by atomic mass is 35.5. The lowest BCUT2D eigenvalue weighted by molar-refractivity contribution is 0.100. The van der Waals surface area contributed by atoms with Crippen molar-refractivity contribution < 1.29 is 97.2 Å². The highest BCUT2D eigenvalue weighted by Crippen LogP contribution is 2.47. The number of nitrogens with two attached hydrogens (primary N) is 1. The van der Waals surface area contributed by atoms with E-state index >= 15 is 0 Å². The van der Waals surface area contributed by atoms with Gasteiger partial charge in [-0.15, -0.1) is 42.4 Å². The van der Waals surface area contributed by atoms with Gasteiger partial charge >= 0.3 is 0 Å². The fourth-order valence-electron chi connectivity index (χ4n) is 8.09. The number of aromatic nitrogens is 3. The number of pyridine rings is 1. The predicted octanol–water partition coefficient (Wildman–Crippen LogP) is 8.69. The molecule has 41 heteroatoms. The van der Waals surface area contributed by atoms with Crippen LogP contribution in [0.2, 0.25) is 5.02 Å². The van der Waals surface area contributed by atoms with E-state index < -0.39 is 139 Å². The number of primary amides is 1. The number of para-hydroxylation sites is 2. The summed E-state index contributed by atoms with van der Waals surface area (Å²) in [4.78, 5) is 18.3. The Hall–Kier alpha value is -7.03. The second-order valence-electron chi connectivity index (χ2n) is 17.9. The molecule has 0 atom stereocenters. The SMILES string of the molecule is Cc1c(N=Nc2cc(OCCCS(=O)(=O)O)c(N=Nc3cc(Cl)c(N=Nc4nc5c(S(=O)(=O)O)cc6c(S(=O)(=O)O)cc(S(=O)(=O)O)cc6c5s4)cc3SCCCS(=O)(=O)O)cc2OCCCS(=O)(=O)O)c(O)n2c(nc3ccccc32)c1C(N)=O. The van der Waals surface area contributed by atoms with E-state index in [2.05, 4.69) is 40.7 Å². The number of hydrogen-bond donors (Lipinski definition) is 8. The number of carbonyl (C=O) groups excluding carboxylic acids is 1. The lowest BCUT2D eigenvalue weighted by Crippen LogP contribution is -2.15. The largest absolute Gasteiger partial charge is 0.493 e. The molecule has 0 fully saturated rings. The Bertz CT molecular complexity index is 4930. The maximum absolute atomic E-state index is 12.9. The van der Waals surface area contributed by atoms with E-state index in [9.17, 15) is 87.7 Å². The van der Waals surface area contributed by atoms with Gasteiger partial charge in [-0.3, -0.25) is 36.5 Å². The zero-order valence-corrected chi connectivity index (χ0v) is 50.5. The number of thioether (sulfide) groups is 1. The quantitative estimate of drug-likeness (QED) is 0.0115. The third-order valence-corrected chi connectivity index (χ3v) is 19.2. The van der Waals surface area contributed by atoms with Crippen LogP contribution < -0.4 is 15.2 Å². The predicted molar refractivity (Wildman–Crippen MR) is 309 cm³/mol. The molecule has 0 unspecified atom stereocenters. The van der Waals surface area contributed by atoms with Crippen LogP contribution in [0.3, 0.4) is 0 Å². The number of azo groups is 3. The normalized spacial score (nSPS) is 13.2. The summed E-state index contributed by atoms with van der Waals surface area (Å²) >= 11 is 8.09. The van der Waals surface area contributed by atoms with E-state index in [0.717, 1.165) is 30.0 Å². The lowest BCUT2D eigenvalue weighted by atomic mass is 10.1. The summed E-state index contributed by atoms with van der Waals surface area (Å²) in [7, 11) is -29.3. The van der Waals surface area contributed by atoms with Crippen molar-refractivity contribution in [2.45, 2.75) is 45.8 Å². The zero-order chi connectivity index (χ0) is 63.1. The highest BCUT2D eigenvalue weighted by Gasteiger charge is 2.29. The first kappa shape index (κ1) is 65.0. The zero-order valence-electron chi connectivity index (χ0n) is 43.2. The number of hydrogen-bond acceptors (Lipinski definition) is 26. The summed E-state index contributed by atoms with van der Waals surface area (Å²) in [5, 5.41) is 35.2. The average molecular weight is 1370 g/mol. The standard InChI is InChI=1S/C45H41ClN10O22S8/c1-22-38(42(47)57)43-48-27-7-2-3-8-32(27)56(43)44(58)39(22)54-52-30-20-33(77-9-4-12-81(59,60)61)29(19-34(30)78-10-5-13-82(62,63)64)51-53-31-18-26(46)28(21-35(31)79-11-6-14-83(65,66)67)50-55-45-49-40-37(86(74,75)76)17-24-25(41(40)80-45)15-23(84(68,69)70)16-36(24)85(71,72)73/h2-3,7-8,15-21,58H,4-6,9-14H2,1H3,(H2,47,57)(H,59,60,61)(H,62,63,64)(H,65,66,67)(H,68,69,70)(H,71,72,73)(H,74,75,76). The molecular formula is C45H41ClN10O22S8. The van der Waals surface area contributed by atoms with Gasteiger partial charge in [0.2, 0.25) is 11.0 Å². The maximum atomic E-state index is 12.9. The second kappa shape index (κ2) is 25.0. The van der Waals surface area contributed by atoms with Crippen molar-refractivity contribution in [3.63, 3.8) is 0 Å². The molecule has 0 radical (unpaired) electrons. The Labute approximate surface area is 499 Å². The van der Waals surface area contributed by atoms with Crippen molar-refractivity contribution in [1.29, 1.82) is 0 Å². The number of imidazole rings is 1. The van der Waals surface area contributed by atoms with E-state index in [1.165, 1.54) is 23.5 Å². The van der Waals surface area contributed by atoms with E-state index in [1.54, 1.807) is 24.3 Å². The Morgan fingerprint density at radius 3 is 1.78 bits per heavy atom. The molecule has 86 heavy (non-hydrogen) atoms. The van der Waals surface area contributed by atoms with Crippen LogP contribution in [-0.2, 0) is 60.7 Å². The van der Waals surface area contributed by atoms with Gasteiger partial charge in [-0.1, -0.05) is 35.1 Å². The first-order valence-corrected chi connectivity index (χ1v) is 35.1. The van der Waals surface area contributed by atoms with Crippen molar-refractivity contribution >= 4 is 173 Å². The minimum Gasteiger partial charge on any atom is -0.493 e. The molecule has 1 amide bonds. The molecule has 0 saturated heterocycles. The Kier molecular flexibility index (Phi) is 18.9. The van der Waals surface area contributed by atoms with Gasteiger partial charge in [0.25, 0.3) is 66.6 Å². The highest BCUT2D eigenvalue weighted by molar-refractivity contribution is 7.99. The monoisotopic (exact) mass is 1360 g/mol.